The van der Waals surface area contributed by atoms with Crippen molar-refractivity contribution >= 4 is 35.1 Å². The van der Waals surface area contributed by atoms with Gasteiger partial charge in [-0.05, 0) is 37.1 Å². The number of halogens is 1. The van der Waals surface area contributed by atoms with Crippen LogP contribution in [0.5, 0.6) is 0 Å². The second kappa shape index (κ2) is 6.79. The van der Waals surface area contributed by atoms with Crippen LogP contribution in [0.15, 0.2) is 18.2 Å². The number of urea groups is 1. The van der Waals surface area contributed by atoms with Crippen molar-refractivity contribution in [2.75, 3.05) is 11.9 Å². The van der Waals surface area contributed by atoms with Crippen LogP contribution in [0.25, 0.3) is 0 Å². The van der Waals surface area contributed by atoms with E-state index >= 15 is 0 Å². The van der Waals surface area contributed by atoms with Crippen molar-refractivity contribution in [3.05, 3.63) is 28.8 Å². The summed E-state index contributed by atoms with van der Waals surface area (Å²) in [4.78, 5) is 36.8. The smallest absolute Gasteiger partial charge is 0.325 e. The van der Waals surface area contributed by atoms with Gasteiger partial charge in [0.15, 0.2) is 0 Å². The molecule has 0 bridgehead atoms. The fourth-order valence-corrected chi connectivity index (χ4v) is 2.54. The van der Waals surface area contributed by atoms with E-state index in [1.165, 1.54) is 0 Å². The molecule has 118 valence electrons. The third kappa shape index (κ3) is 3.57. The Kier molecular flexibility index (Phi) is 5.03. The SMILES string of the molecule is CCCC1NC(=O)N(CC(=O)Nc2ccc(Cl)cc2C)C1=O. The lowest BCUT2D eigenvalue weighted by molar-refractivity contribution is -0.130. The maximum atomic E-state index is 12.1. The van der Waals surface area contributed by atoms with Gasteiger partial charge in [0.1, 0.15) is 12.6 Å². The quantitative estimate of drug-likeness (QED) is 0.816. The lowest BCUT2D eigenvalue weighted by Crippen LogP contribution is -2.38. The van der Waals surface area contributed by atoms with Crippen molar-refractivity contribution in [1.82, 2.24) is 10.2 Å². The molecule has 1 unspecified atom stereocenters. The lowest BCUT2D eigenvalue weighted by Gasteiger charge is -2.14. The molecule has 2 rings (SSSR count). The highest BCUT2D eigenvalue weighted by molar-refractivity contribution is 6.30. The Bertz CT molecular complexity index is 618. The number of benzene rings is 1. The maximum absolute atomic E-state index is 12.1. The summed E-state index contributed by atoms with van der Waals surface area (Å²) in [5.41, 5.74) is 1.41. The van der Waals surface area contributed by atoms with Gasteiger partial charge in [-0.2, -0.15) is 0 Å². The summed E-state index contributed by atoms with van der Waals surface area (Å²) in [6, 6.07) is 4.02. The van der Waals surface area contributed by atoms with Crippen molar-refractivity contribution < 1.29 is 14.4 Å². The normalized spacial score (nSPS) is 17.6. The first kappa shape index (κ1) is 16.3. The topological polar surface area (TPSA) is 78.5 Å². The minimum absolute atomic E-state index is 0.299. The molecule has 7 heteroatoms. The summed E-state index contributed by atoms with van der Waals surface area (Å²) in [5.74, 6) is -0.777. The maximum Gasteiger partial charge on any atom is 0.325 e. The molecule has 1 heterocycles. The molecule has 1 saturated heterocycles. The minimum atomic E-state index is -0.525. The van der Waals surface area contributed by atoms with Crippen LogP contribution in [0.1, 0.15) is 25.3 Å². The van der Waals surface area contributed by atoms with Gasteiger partial charge in [-0.3, -0.25) is 14.5 Å². The molecule has 0 saturated carbocycles. The minimum Gasteiger partial charge on any atom is -0.326 e. The molecule has 2 N–H and O–H groups in total. The van der Waals surface area contributed by atoms with E-state index in [2.05, 4.69) is 10.6 Å². The summed E-state index contributed by atoms with van der Waals surface area (Å²) in [7, 11) is 0. The van der Waals surface area contributed by atoms with E-state index < -0.39 is 18.0 Å². The second-order valence-corrected chi connectivity index (χ2v) is 5.66. The molecule has 0 radical (unpaired) electrons. The number of nitrogens with one attached hydrogen (secondary N) is 2. The van der Waals surface area contributed by atoms with Crippen LogP contribution >= 0.6 is 11.6 Å². The van der Waals surface area contributed by atoms with Gasteiger partial charge < -0.3 is 10.6 Å². The van der Waals surface area contributed by atoms with E-state index in [0.29, 0.717) is 17.1 Å². The zero-order valence-electron chi connectivity index (χ0n) is 12.5. The van der Waals surface area contributed by atoms with Crippen LogP contribution in [0.3, 0.4) is 0 Å². The van der Waals surface area contributed by atoms with Crippen LogP contribution in [0, 0.1) is 6.92 Å². The van der Waals surface area contributed by atoms with Crippen molar-refractivity contribution in [1.29, 1.82) is 0 Å². The average molecular weight is 324 g/mol. The molecule has 1 aromatic carbocycles. The van der Waals surface area contributed by atoms with Gasteiger partial charge in [0.25, 0.3) is 5.91 Å². The zero-order valence-corrected chi connectivity index (χ0v) is 13.2. The Hall–Kier alpha value is -2.08. The number of carbonyl (C=O) groups is 3. The van der Waals surface area contributed by atoms with E-state index in [-0.39, 0.29) is 12.5 Å². The Morgan fingerprint density at radius 2 is 2.14 bits per heavy atom. The predicted molar refractivity (Wildman–Crippen MR) is 83.8 cm³/mol. The van der Waals surface area contributed by atoms with Crippen LogP contribution in [-0.4, -0.2) is 35.3 Å². The zero-order chi connectivity index (χ0) is 16.3. The van der Waals surface area contributed by atoms with Crippen molar-refractivity contribution in [2.45, 2.75) is 32.7 Å². The molecule has 0 spiro atoms. The fraction of sp³-hybridized carbons (Fsp3) is 0.400. The largest absolute Gasteiger partial charge is 0.326 e. The molecule has 6 nitrogen and oxygen atoms in total. The molecule has 1 aromatic rings. The number of amides is 4. The molecule has 1 fully saturated rings. The van der Waals surface area contributed by atoms with Gasteiger partial charge in [0, 0.05) is 10.7 Å². The fourth-order valence-electron chi connectivity index (χ4n) is 2.31. The summed E-state index contributed by atoms with van der Waals surface area (Å²) < 4.78 is 0. The highest BCUT2D eigenvalue weighted by atomic mass is 35.5. The Balaban J connectivity index is 2.00. The molecule has 1 aliphatic heterocycles. The standard InChI is InChI=1S/C15H18ClN3O3/c1-3-4-12-14(21)19(15(22)18-12)8-13(20)17-11-6-5-10(16)7-9(11)2/h5-7,12H,3-4,8H2,1-2H3,(H,17,20)(H,18,22). The number of nitrogens with zero attached hydrogens (tertiary/aromatic N) is 1. The van der Waals surface area contributed by atoms with E-state index in [0.717, 1.165) is 16.9 Å². The molecule has 0 aliphatic carbocycles. The van der Waals surface area contributed by atoms with Crippen LogP contribution in [-0.2, 0) is 9.59 Å². The Morgan fingerprint density at radius 3 is 2.77 bits per heavy atom. The van der Waals surface area contributed by atoms with Crippen molar-refractivity contribution in [3.8, 4) is 0 Å². The molecule has 4 amide bonds. The number of rotatable bonds is 5. The van der Waals surface area contributed by atoms with Gasteiger partial charge in [-0.1, -0.05) is 24.9 Å². The Labute approximate surface area is 133 Å². The molecule has 1 aliphatic rings. The molecular weight excluding hydrogens is 306 g/mol. The predicted octanol–water partition coefficient (Wildman–Crippen LogP) is 2.31. The summed E-state index contributed by atoms with van der Waals surface area (Å²) in [6.07, 6.45) is 1.35. The van der Waals surface area contributed by atoms with Crippen molar-refractivity contribution in [3.63, 3.8) is 0 Å². The van der Waals surface area contributed by atoms with Crippen LogP contribution in [0.2, 0.25) is 5.02 Å². The first-order chi connectivity index (χ1) is 10.4. The monoisotopic (exact) mass is 323 g/mol. The van der Waals surface area contributed by atoms with Gasteiger partial charge in [0.2, 0.25) is 5.91 Å². The van der Waals surface area contributed by atoms with Crippen LogP contribution in [0.4, 0.5) is 10.5 Å². The number of hydrogen-bond acceptors (Lipinski definition) is 3. The Morgan fingerprint density at radius 1 is 1.41 bits per heavy atom. The average Bonchev–Trinajstić information content (AvgIpc) is 2.70. The first-order valence-electron chi connectivity index (χ1n) is 7.10. The molecule has 1 atom stereocenters. The molecular formula is C15H18ClN3O3. The number of imide groups is 1. The number of carbonyl (C=O) groups excluding carboxylic acids is 3. The third-order valence-corrected chi connectivity index (χ3v) is 3.68. The molecule has 22 heavy (non-hydrogen) atoms. The summed E-state index contributed by atoms with van der Waals surface area (Å²) in [6.45, 7) is 3.44. The highest BCUT2D eigenvalue weighted by Gasteiger charge is 2.38. The first-order valence-corrected chi connectivity index (χ1v) is 7.48. The highest BCUT2D eigenvalue weighted by Crippen LogP contribution is 2.19. The lowest BCUT2D eigenvalue weighted by atomic mass is 10.1. The van der Waals surface area contributed by atoms with E-state index in [1.807, 2.05) is 13.8 Å². The molecule has 0 aromatic heterocycles. The van der Waals surface area contributed by atoms with E-state index in [4.69, 9.17) is 11.6 Å². The van der Waals surface area contributed by atoms with E-state index in [9.17, 15) is 14.4 Å². The number of hydrogen-bond donors (Lipinski definition) is 2. The van der Waals surface area contributed by atoms with Gasteiger partial charge in [-0.15, -0.1) is 0 Å². The summed E-state index contributed by atoms with van der Waals surface area (Å²) >= 11 is 5.86. The number of anilines is 1. The van der Waals surface area contributed by atoms with Gasteiger partial charge >= 0.3 is 6.03 Å². The summed E-state index contributed by atoms with van der Waals surface area (Å²) in [5, 5.41) is 5.84. The third-order valence-electron chi connectivity index (χ3n) is 3.45. The van der Waals surface area contributed by atoms with Gasteiger partial charge in [-0.25, -0.2) is 4.79 Å². The van der Waals surface area contributed by atoms with Crippen LogP contribution < -0.4 is 10.6 Å². The van der Waals surface area contributed by atoms with E-state index in [1.54, 1.807) is 18.2 Å². The second-order valence-electron chi connectivity index (χ2n) is 5.22. The van der Waals surface area contributed by atoms with Crippen molar-refractivity contribution in [2.24, 2.45) is 0 Å². The van der Waals surface area contributed by atoms with Gasteiger partial charge in [0.05, 0.1) is 0 Å². The number of aryl methyl sites for hydroxylation is 1.